The number of nitrogens with one attached hydrogen (secondary N) is 1. The molecule has 0 aliphatic heterocycles. The molecule has 6 nitrogen and oxygen atoms in total. The molecule has 20 heavy (non-hydrogen) atoms. The minimum atomic E-state index is -0.532. The van der Waals surface area contributed by atoms with E-state index in [0.29, 0.717) is 6.54 Å². The van der Waals surface area contributed by atoms with Crippen LogP contribution in [0.15, 0.2) is 31.1 Å². The van der Waals surface area contributed by atoms with Gasteiger partial charge in [-0.25, -0.2) is 9.37 Å². The number of halogens is 1. The molecule has 0 aliphatic carbocycles. The van der Waals surface area contributed by atoms with E-state index in [2.05, 4.69) is 20.4 Å². The Kier molecular flexibility index (Phi) is 4.39. The summed E-state index contributed by atoms with van der Waals surface area (Å²) in [5, 5.41) is 6.88. The number of carbonyl (C=O) groups excluding carboxylic acids is 1. The molecule has 2 aromatic rings. The van der Waals surface area contributed by atoms with Crippen LogP contribution in [-0.2, 0) is 6.54 Å². The Morgan fingerprint density at radius 2 is 2.20 bits per heavy atom. The molecule has 2 rings (SSSR count). The van der Waals surface area contributed by atoms with E-state index in [1.165, 1.54) is 12.5 Å². The number of carbonyl (C=O) groups is 1. The van der Waals surface area contributed by atoms with E-state index in [4.69, 9.17) is 0 Å². The van der Waals surface area contributed by atoms with E-state index in [9.17, 15) is 9.18 Å². The lowest BCUT2D eigenvalue weighted by Crippen LogP contribution is -2.41. The van der Waals surface area contributed by atoms with Crippen LogP contribution in [0.1, 0.15) is 24.2 Å². The average Bonchev–Trinajstić information content (AvgIpc) is 2.90. The molecule has 0 aliphatic rings. The predicted molar refractivity (Wildman–Crippen MR) is 70.3 cm³/mol. The van der Waals surface area contributed by atoms with Crippen LogP contribution in [0.2, 0.25) is 0 Å². The van der Waals surface area contributed by atoms with Gasteiger partial charge in [0.2, 0.25) is 0 Å². The highest BCUT2D eigenvalue weighted by Crippen LogP contribution is 2.07. The fourth-order valence-electron chi connectivity index (χ4n) is 1.74. The van der Waals surface area contributed by atoms with Crippen LogP contribution in [0.25, 0.3) is 0 Å². The highest BCUT2D eigenvalue weighted by atomic mass is 19.1. The molecular formula is C13H16FN5O. The van der Waals surface area contributed by atoms with Crippen LogP contribution in [0.5, 0.6) is 0 Å². The monoisotopic (exact) mass is 277 g/mol. The molecule has 0 unspecified atom stereocenters. The van der Waals surface area contributed by atoms with E-state index < -0.39 is 5.82 Å². The number of hydrogen-bond donors (Lipinski definition) is 1. The first-order valence-corrected chi connectivity index (χ1v) is 6.30. The van der Waals surface area contributed by atoms with Crippen LogP contribution in [-0.4, -0.2) is 31.7 Å². The van der Waals surface area contributed by atoms with Gasteiger partial charge in [0, 0.05) is 6.20 Å². The summed E-state index contributed by atoms with van der Waals surface area (Å²) in [5.74, 6) is -0.685. The molecule has 0 aromatic carbocycles. The molecule has 2 heterocycles. The van der Waals surface area contributed by atoms with Crippen molar-refractivity contribution in [3.8, 4) is 0 Å². The molecule has 0 bridgehead atoms. The molecule has 0 radical (unpaired) electrons. The molecule has 1 atom stereocenters. The number of nitrogens with zero attached hydrogens (tertiary/aromatic N) is 4. The Bertz CT molecular complexity index is 570. The lowest BCUT2D eigenvalue weighted by molar-refractivity contribution is 0.0918. The maximum Gasteiger partial charge on any atom is 0.253 e. The standard InChI is InChI=1S/C13H16FN5O/c1-9(2)12(6-19-8-16-7-17-19)18-13(20)10-3-11(14)5-15-4-10/h3-5,7-9,12H,6H2,1-2H3,(H,18,20)/t12-/m0/s1. The van der Waals surface area contributed by atoms with Gasteiger partial charge in [-0.1, -0.05) is 13.8 Å². The van der Waals surface area contributed by atoms with E-state index in [0.717, 1.165) is 12.3 Å². The number of rotatable bonds is 5. The second-order valence-corrected chi connectivity index (χ2v) is 4.83. The predicted octanol–water partition coefficient (Wildman–Crippen LogP) is 1.27. The molecule has 0 spiro atoms. The number of pyridine rings is 1. The summed E-state index contributed by atoms with van der Waals surface area (Å²) < 4.78 is 14.7. The van der Waals surface area contributed by atoms with E-state index in [1.807, 2.05) is 13.8 Å². The summed E-state index contributed by atoms with van der Waals surface area (Å²) in [7, 11) is 0. The average molecular weight is 277 g/mol. The van der Waals surface area contributed by atoms with Crippen molar-refractivity contribution in [2.45, 2.75) is 26.4 Å². The van der Waals surface area contributed by atoms with Gasteiger partial charge in [-0.15, -0.1) is 0 Å². The Morgan fingerprint density at radius 1 is 1.40 bits per heavy atom. The third-order valence-electron chi connectivity index (χ3n) is 2.94. The van der Waals surface area contributed by atoms with Gasteiger partial charge in [-0.3, -0.25) is 14.5 Å². The summed E-state index contributed by atoms with van der Waals surface area (Å²) in [4.78, 5) is 19.6. The van der Waals surface area contributed by atoms with Crippen LogP contribution in [0.4, 0.5) is 4.39 Å². The Morgan fingerprint density at radius 3 is 2.80 bits per heavy atom. The molecule has 106 valence electrons. The van der Waals surface area contributed by atoms with Crippen LogP contribution in [0.3, 0.4) is 0 Å². The van der Waals surface area contributed by atoms with Crippen molar-refractivity contribution in [2.75, 3.05) is 0 Å². The van der Waals surface area contributed by atoms with Gasteiger partial charge < -0.3 is 5.32 Å². The Labute approximate surface area is 116 Å². The zero-order chi connectivity index (χ0) is 14.5. The quantitative estimate of drug-likeness (QED) is 0.893. The van der Waals surface area contributed by atoms with Crippen LogP contribution < -0.4 is 5.32 Å². The topological polar surface area (TPSA) is 72.7 Å². The van der Waals surface area contributed by atoms with E-state index in [-0.39, 0.29) is 23.4 Å². The minimum Gasteiger partial charge on any atom is -0.347 e. The highest BCUT2D eigenvalue weighted by Gasteiger charge is 2.18. The number of amides is 1. The first-order valence-electron chi connectivity index (χ1n) is 6.30. The molecule has 7 heteroatoms. The summed E-state index contributed by atoms with van der Waals surface area (Å²) in [6.45, 7) is 4.49. The molecule has 2 aromatic heterocycles. The van der Waals surface area contributed by atoms with Gasteiger partial charge in [0.05, 0.1) is 24.3 Å². The fraction of sp³-hybridized carbons (Fsp3) is 0.385. The maximum atomic E-state index is 13.1. The third kappa shape index (κ3) is 3.59. The van der Waals surface area contributed by atoms with Gasteiger partial charge in [0.25, 0.3) is 5.91 Å². The third-order valence-corrected chi connectivity index (χ3v) is 2.94. The van der Waals surface area contributed by atoms with Crippen molar-refractivity contribution in [2.24, 2.45) is 5.92 Å². The largest absolute Gasteiger partial charge is 0.347 e. The maximum absolute atomic E-state index is 13.1. The van der Waals surface area contributed by atoms with Gasteiger partial charge in [0.1, 0.15) is 18.5 Å². The summed E-state index contributed by atoms with van der Waals surface area (Å²) in [5.41, 5.74) is 0.203. The van der Waals surface area contributed by atoms with Crippen molar-refractivity contribution >= 4 is 5.91 Å². The Balaban J connectivity index is 2.06. The fourth-order valence-corrected chi connectivity index (χ4v) is 1.74. The first kappa shape index (κ1) is 14.1. The van der Waals surface area contributed by atoms with E-state index >= 15 is 0 Å². The van der Waals surface area contributed by atoms with E-state index in [1.54, 1.807) is 11.0 Å². The second-order valence-electron chi connectivity index (χ2n) is 4.83. The second kappa shape index (κ2) is 6.23. The minimum absolute atomic E-state index is 0.132. The summed E-state index contributed by atoms with van der Waals surface area (Å²) in [6, 6.07) is 1.03. The highest BCUT2D eigenvalue weighted by molar-refractivity contribution is 5.94. The zero-order valence-corrected chi connectivity index (χ0v) is 11.3. The normalized spacial score (nSPS) is 12.4. The SMILES string of the molecule is CC(C)[C@H](Cn1cncn1)NC(=O)c1cncc(F)c1. The van der Waals surface area contributed by atoms with Crippen molar-refractivity contribution in [1.29, 1.82) is 0 Å². The van der Waals surface area contributed by atoms with Crippen molar-refractivity contribution in [1.82, 2.24) is 25.1 Å². The van der Waals surface area contributed by atoms with Crippen molar-refractivity contribution < 1.29 is 9.18 Å². The lowest BCUT2D eigenvalue weighted by Gasteiger charge is -2.22. The molecule has 0 saturated carbocycles. The number of aromatic nitrogens is 4. The zero-order valence-electron chi connectivity index (χ0n) is 11.3. The summed E-state index contributed by atoms with van der Waals surface area (Å²) in [6.07, 6.45) is 5.43. The van der Waals surface area contributed by atoms with Crippen LogP contribution >= 0.6 is 0 Å². The lowest BCUT2D eigenvalue weighted by atomic mass is 10.0. The first-order chi connectivity index (χ1) is 9.56. The molecular weight excluding hydrogens is 261 g/mol. The van der Waals surface area contributed by atoms with Gasteiger partial charge >= 0.3 is 0 Å². The molecule has 1 N–H and O–H groups in total. The molecule has 0 fully saturated rings. The van der Waals surface area contributed by atoms with Crippen molar-refractivity contribution in [3.05, 3.63) is 42.5 Å². The van der Waals surface area contributed by atoms with Crippen LogP contribution in [0, 0.1) is 11.7 Å². The van der Waals surface area contributed by atoms with Gasteiger partial charge in [0.15, 0.2) is 0 Å². The van der Waals surface area contributed by atoms with Gasteiger partial charge in [-0.05, 0) is 12.0 Å². The summed E-state index contributed by atoms with van der Waals surface area (Å²) >= 11 is 0. The number of hydrogen-bond acceptors (Lipinski definition) is 4. The smallest absolute Gasteiger partial charge is 0.253 e. The Hall–Kier alpha value is -2.31. The van der Waals surface area contributed by atoms with Gasteiger partial charge in [-0.2, -0.15) is 5.10 Å². The molecule has 1 amide bonds. The van der Waals surface area contributed by atoms with Crippen molar-refractivity contribution in [3.63, 3.8) is 0 Å². The molecule has 0 saturated heterocycles.